The van der Waals surface area contributed by atoms with Crippen LogP contribution in [0.3, 0.4) is 0 Å². The Bertz CT molecular complexity index is 401. The van der Waals surface area contributed by atoms with Crippen molar-refractivity contribution in [3.8, 4) is 0 Å². The highest BCUT2D eigenvalue weighted by Crippen LogP contribution is 2.34. The molecule has 0 aromatic carbocycles. The van der Waals surface area contributed by atoms with Crippen molar-refractivity contribution in [1.82, 2.24) is 5.32 Å². The summed E-state index contributed by atoms with van der Waals surface area (Å²) >= 11 is 1.75. The lowest BCUT2D eigenvalue weighted by Gasteiger charge is -2.23. The molecule has 18 heavy (non-hydrogen) atoms. The van der Waals surface area contributed by atoms with Crippen molar-refractivity contribution in [3.05, 3.63) is 21.9 Å². The van der Waals surface area contributed by atoms with Gasteiger partial charge >= 0.3 is 0 Å². The minimum Gasteiger partial charge on any atom is -0.354 e. The van der Waals surface area contributed by atoms with Crippen LogP contribution in [0.25, 0.3) is 0 Å². The van der Waals surface area contributed by atoms with Crippen LogP contribution in [0.4, 0.5) is 0 Å². The van der Waals surface area contributed by atoms with E-state index in [2.05, 4.69) is 16.8 Å². The van der Waals surface area contributed by atoms with Gasteiger partial charge in [0, 0.05) is 19.1 Å². The number of thiophene rings is 1. The molecule has 4 nitrogen and oxygen atoms in total. The molecule has 1 atom stereocenters. The maximum atomic E-state index is 12.2. The summed E-state index contributed by atoms with van der Waals surface area (Å²) in [6.45, 7) is 0.391. The molecule has 1 aliphatic rings. The SMILES string of the molecule is COC(CNC(=O)C1CCCc2sccc21)OC. The average molecular weight is 269 g/mol. The standard InChI is InChI=1S/C13H19NO3S/c1-16-12(17-2)8-14-13(15)10-4-3-5-11-9(10)6-7-18-11/h6-7,10,12H,3-5,8H2,1-2H3,(H,14,15). The predicted molar refractivity (Wildman–Crippen MR) is 70.8 cm³/mol. The maximum Gasteiger partial charge on any atom is 0.227 e. The van der Waals surface area contributed by atoms with E-state index >= 15 is 0 Å². The molecule has 100 valence electrons. The molecule has 1 aromatic heterocycles. The summed E-state index contributed by atoms with van der Waals surface area (Å²) in [7, 11) is 3.13. The lowest BCUT2D eigenvalue weighted by molar-refractivity contribution is -0.129. The summed E-state index contributed by atoms with van der Waals surface area (Å²) in [5.41, 5.74) is 1.20. The normalized spacial score (nSPS) is 18.7. The number of ether oxygens (including phenoxy) is 2. The van der Waals surface area contributed by atoms with E-state index in [9.17, 15) is 4.79 Å². The van der Waals surface area contributed by atoms with Crippen LogP contribution in [-0.2, 0) is 20.7 Å². The van der Waals surface area contributed by atoms with Crippen LogP contribution in [0.15, 0.2) is 11.4 Å². The Kier molecular flexibility index (Phi) is 4.74. The fourth-order valence-corrected chi connectivity index (χ4v) is 3.32. The quantitative estimate of drug-likeness (QED) is 0.831. The summed E-state index contributed by atoms with van der Waals surface area (Å²) in [5, 5.41) is 4.97. The Labute approximate surface area is 111 Å². The zero-order valence-electron chi connectivity index (χ0n) is 10.8. The number of rotatable bonds is 5. The molecule has 0 aliphatic heterocycles. The molecule has 0 fully saturated rings. The van der Waals surface area contributed by atoms with Gasteiger partial charge in [0.25, 0.3) is 0 Å². The van der Waals surface area contributed by atoms with Gasteiger partial charge in [-0.25, -0.2) is 0 Å². The molecule has 0 radical (unpaired) electrons. The van der Waals surface area contributed by atoms with Crippen LogP contribution < -0.4 is 5.32 Å². The number of carbonyl (C=O) groups is 1. The molecule has 2 rings (SSSR count). The van der Waals surface area contributed by atoms with Crippen molar-refractivity contribution in [2.45, 2.75) is 31.5 Å². The van der Waals surface area contributed by atoms with Gasteiger partial charge in [-0.15, -0.1) is 11.3 Å². The minimum absolute atomic E-state index is 0.00522. The van der Waals surface area contributed by atoms with E-state index in [1.54, 1.807) is 25.6 Å². The van der Waals surface area contributed by atoms with Crippen LogP contribution >= 0.6 is 11.3 Å². The lowest BCUT2D eigenvalue weighted by Crippen LogP contribution is -2.37. The molecule has 0 bridgehead atoms. The van der Waals surface area contributed by atoms with Crippen LogP contribution in [0, 0.1) is 0 Å². The monoisotopic (exact) mass is 269 g/mol. The molecule has 0 spiro atoms. The van der Waals surface area contributed by atoms with Crippen molar-refractivity contribution < 1.29 is 14.3 Å². The maximum absolute atomic E-state index is 12.2. The van der Waals surface area contributed by atoms with Crippen molar-refractivity contribution in [3.63, 3.8) is 0 Å². The third-order valence-corrected chi connectivity index (χ3v) is 4.33. The van der Waals surface area contributed by atoms with Gasteiger partial charge in [-0.05, 0) is 36.3 Å². The van der Waals surface area contributed by atoms with Crippen LogP contribution in [0.1, 0.15) is 29.2 Å². The topological polar surface area (TPSA) is 47.6 Å². The Morgan fingerprint density at radius 1 is 1.56 bits per heavy atom. The second-order valence-electron chi connectivity index (χ2n) is 4.39. The number of hydrogen-bond acceptors (Lipinski definition) is 4. The molecular formula is C13H19NO3S. The van der Waals surface area contributed by atoms with Crippen molar-refractivity contribution >= 4 is 17.2 Å². The smallest absolute Gasteiger partial charge is 0.227 e. The van der Waals surface area contributed by atoms with E-state index < -0.39 is 0 Å². The van der Waals surface area contributed by atoms with Crippen molar-refractivity contribution in [2.24, 2.45) is 0 Å². The van der Waals surface area contributed by atoms with Gasteiger partial charge in [0.15, 0.2) is 6.29 Å². The average Bonchev–Trinajstić information content (AvgIpc) is 2.87. The second-order valence-corrected chi connectivity index (χ2v) is 5.39. The molecule has 1 aromatic rings. The predicted octanol–water partition coefficient (Wildman–Crippen LogP) is 1.90. The van der Waals surface area contributed by atoms with E-state index in [0.717, 1.165) is 19.3 Å². The zero-order valence-corrected chi connectivity index (χ0v) is 11.6. The number of hydrogen-bond donors (Lipinski definition) is 1. The number of carbonyl (C=O) groups excluding carboxylic acids is 1. The fraction of sp³-hybridized carbons (Fsp3) is 0.615. The number of fused-ring (bicyclic) bond motifs is 1. The zero-order chi connectivity index (χ0) is 13.0. The van der Waals surface area contributed by atoms with Crippen molar-refractivity contribution in [2.75, 3.05) is 20.8 Å². The Morgan fingerprint density at radius 2 is 2.33 bits per heavy atom. The first kappa shape index (κ1) is 13.5. The second kappa shape index (κ2) is 6.31. The van der Waals surface area contributed by atoms with Crippen LogP contribution in [0.2, 0.25) is 0 Å². The molecule has 1 aliphatic carbocycles. The molecule has 1 unspecified atom stereocenters. The number of amides is 1. The largest absolute Gasteiger partial charge is 0.354 e. The van der Waals surface area contributed by atoms with Gasteiger partial charge in [-0.2, -0.15) is 0 Å². The summed E-state index contributed by atoms with van der Waals surface area (Å²) in [5.74, 6) is 0.0720. The molecule has 0 saturated carbocycles. The van der Waals surface area contributed by atoms with Gasteiger partial charge in [0.05, 0.1) is 12.5 Å². The van der Waals surface area contributed by atoms with Crippen molar-refractivity contribution in [1.29, 1.82) is 0 Å². The highest BCUT2D eigenvalue weighted by Gasteiger charge is 2.27. The number of methoxy groups -OCH3 is 2. The van der Waals surface area contributed by atoms with E-state index in [1.807, 2.05) is 0 Å². The first-order valence-corrected chi connectivity index (χ1v) is 7.03. The number of aryl methyl sites for hydroxylation is 1. The lowest BCUT2D eigenvalue weighted by atomic mass is 9.87. The van der Waals surface area contributed by atoms with E-state index in [1.165, 1.54) is 10.4 Å². The van der Waals surface area contributed by atoms with Crippen LogP contribution in [-0.4, -0.2) is 33.0 Å². The third-order valence-electron chi connectivity index (χ3n) is 3.34. The van der Waals surface area contributed by atoms with E-state index in [0.29, 0.717) is 6.54 Å². The Hall–Kier alpha value is -0.910. The summed E-state index contributed by atoms with van der Waals surface area (Å²) in [6.07, 6.45) is 2.75. The first-order chi connectivity index (χ1) is 8.76. The van der Waals surface area contributed by atoms with E-state index in [-0.39, 0.29) is 18.1 Å². The molecule has 1 N–H and O–H groups in total. The molecule has 0 saturated heterocycles. The number of nitrogens with one attached hydrogen (secondary N) is 1. The highest BCUT2D eigenvalue weighted by molar-refractivity contribution is 7.10. The van der Waals surface area contributed by atoms with Crippen LogP contribution in [0.5, 0.6) is 0 Å². The van der Waals surface area contributed by atoms with Gasteiger partial charge in [0.1, 0.15) is 0 Å². The fourth-order valence-electron chi connectivity index (χ4n) is 2.33. The summed E-state index contributed by atoms with van der Waals surface area (Å²) in [4.78, 5) is 13.5. The summed E-state index contributed by atoms with van der Waals surface area (Å²) in [6, 6.07) is 2.08. The van der Waals surface area contributed by atoms with Gasteiger partial charge in [0.2, 0.25) is 5.91 Å². The van der Waals surface area contributed by atoms with Gasteiger partial charge < -0.3 is 14.8 Å². The van der Waals surface area contributed by atoms with Gasteiger partial charge in [-0.3, -0.25) is 4.79 Å². The molecule has 5 heteroatoms. The Balaban J connectivity index is 1.95. The molecule has 1 amide bonds. The highest BCUT2D eigenvalue weighted by atomic mass is 32.1. The first-order valence-electron chi connectivity index (χ1n) is 6.15. The third kappa shape index (κ3) is 2.91. The van der Waals surface area contributed by atoms with Gasteiger partial charge in [-0.1, -0.05) is 0 Å². The summed E-state index contributed by atoms with van der Waals surface area (Å²) < 4.78 is 10.1. The molecule has 1 heterocycles. The Morgan fingerprint density at radius 3 is 3.06 bits per heavy atom. The molecular weight excluding hydrogens is 250 g/mol. The van der Waals surface area contributed by atoms with E-state index in [4.69, 9.17) is 9.47 Å². The minimum atomic E-state index is -0.375.